The Bertz CT molecular complexity index is 177. The van der Waals surface area contributed by atoms with Gasteiger partial charge in [0, 0.05) is 17.8 Å². The van der Waals surface area contributed by atoms with Crippen molar-refractivity contribution in [2.45, 2.75) is 59.5 Å². The van der Waals surface area contributed by atoms with Crippen molar-refractivity contribution in [2.24, 2.45) is 11.3 Å². The Labute approximate surface area is 99.8 Å². The second-order valence-electron chi connectivity index (χ2n) is 6.28. The van der Waals surface area contributed by atoms with E-state index in [1.165, 1.54) is 24.3 Å². The lowest BCUT2D eigenvalue weighted by Gasteiger charge is -2.35. The van der Waals surface area contributed by atoms with Gasteiger partial charge in [-0.05, 0) is 29.9 Å². The van der Waals surface area contributed by atoms with Gasteiger partial charge in [-0.1, -0.05) is 34.6 Å². The average molecular weight is 229 g/mol. The molecule has 1 nitrogen and oxygen atoms in total. The van der Waals surface area contributed by atoms with E-state index in [4.69, 9.17) is 0 Å². The Morgan fingerprint density at radius 3 is 2.40 bits per heavy atom. The minimum absolute atomic E-state index is 0.386. The number of hydrogen-bond acceptors (Lipinski definition) is 2. The van der Waals surface area contributed by atoms with Crippen LogP contribution in [0.1, 0.15) is 47.5 Å². The predicted molar refractivity (Wildman–Crippen MR) is 71.6 cm³/mol. The Balaban J connectivity index is 2.48. The van der Waals surface area contributed by atoms with E-state index in [1.54, 1.807) is 0 Å². The van der Waals surface area contributed by atoms with Gasteiger partial charge in [0.25, 0.3) is 0 Å². The minimum Gasteiger partial charge on any atom is -0.310 e. The highest BCUT2D eigenvalue weighted by Gasteiger charge is 2.28. The molecule has 0 aromatic carbocycles. The summed E-state index contributed by atoms with van der Waals surface area (Å²) in [7, 11) is 0. The molecule has 1 fully saturated rings. The van der Waals surface area contributed by atoms with Crippen molar-refractivity contribution in [2.75, 3.05) is 11.5 Å². The molecule has 1 aliphatic heterocycles. The molecule has 1 rings (SSSR count). The standard InChI is InChI=1S/C13H27NS/c1-10(2)8-12(13(3,4)5)14-11-6-7-15-9-11/h10-12,14H,6-9H2,1-5H3. The first-order chi connectivity index (χ1) is 6.89. The van der Waals surface area contributed by atoms with Crippen LogP contribution in [-0.4, -0.2) is 23.6 Å². The fourth-order valence-corrected chi connectivity index (χ4v) is 3.26. The lowest BCUT2D eigenvalue weighted by molar-refractivity contribution is 0.219. The van der Waals surface area contributed by atoms with Crippen LogP contribution in [-0.2, 0) is 0 Å². The van der Waals surface area contributed by atoms with Crippen LogP contribution in [0.5, 0.6) is 0 Å². The highest BCUT2D eigenvalue weighted by Crippen LogP contribution is 2.27. The van der Waals surface area contributed by atoms with Gasteiger partial charge in [0.15, 0.2) is 0 Å². The zero-order valence-corrected chi connectivity index (χ0v) is 11.8. The number of rotatable bonds is 4. The Morgan fingerprint density at radius 1 is 1.33 bits per heavy atom. The van der Waals surface area contributed by atoms with Crippen molar-refractivity contribution >= 4 is 11.8 Å². The van der Waals surface area contributed by atoms with Crippen LogP contribution in [0.4, 0.5) is 0 Å². The van der Waals surface area contributed by atoms with E-state index in [1.807, 2.05) is 0 Å². The van der Waals surface area contributed by atoms with Crippen molar-refractivity contribution in [3.05, 3.63) is 0 Å². The van der Waals surface area contributed by atoms with Crippen LogP contribution in [0.2, 0.25) is 0 Å². The van der Waals surface area contributed by atoms with Gasteiger partial charge in [-0.3, -0.25) is 0 Å². The molecule has 1 N–H and O–H groups in total. The predicted octanol–water partition coefficient (Wildman–Crippen LogP) is 3.54. The fraction of sp³-hybridized carbons (Fsp3) is 1.00. The van der Waals surface area contributed by atoms with E-state index in [0.29, 0.717) is 11.5 Å². The zero-order valence-electron chi connectivity index (χ0n) is 11.0. The van der Waals surface area contributed by atoms with Crippen LogP contribution >= 0.6 is 11.8 Å². The van der Waals surface area contributed by atoms with Gasteiger partial charge in [-0.2, -0.15) is 11.8 Å². The summed E-state index contributed by atoms with van der Waals surface area (Å²) in [6.07, 6.45) is 2.65. The van der Waals surface area contributed by atoms with Gasteiger partial charge in [-0.15, -0.1) is 0 Å². The highest BCUT2D eigenvalue weighted by atomic mass is 32.2. The van der Waals surface area contributed by atoms with Crippen molar-refractivity contribution in [3.63, 3.8) is 0 Å². The summed E-state index contributed by atoms with van der Waals surface area (Å²) < 4.78 is 0. The van der Waals surface area contributed by atoms with E-state index in [2.05, 4.69) is 51.7 Å². The fourth-order valence-electron chi connectivity index (χ4n) is 2.09. The molecule has 1 aliphatic rings. The molecule has 90 valence electrons. The summed E-state index contributed by atoms with van der Waals surface area (Å²) in [5.41, 5.74) is 0.386. The number of nitrogens with one attached hydrogen (secondary N) is 1. The molecule has 0 spiro atoms. The normalized spacial score (nSPS) is 24.8. The smallest absolute Gasteiger partial charge is 0.0168 e. The largest absolute Gasteiger partial charge is 0.310 e. The first kappa shape index (κ1) is 13.4. The van der Waals surface area contributed by atoms with Crippen molar-refractivity contribution in [3.8, 4) is 0 Å². The molecule has 2 unspecified atom stereocenters. The summed E-state index contributed by atoms with van der Waals surface area (Å²) in [4.78, 5) is 0. The summed E-state index contributed by atoms with van der Waals surface area (Å²) in [5.74, 6) is 3.44. The second-order valence-corrected chi connectivity index (χ2v) is 7.43. The quantitative estimate of drug-likeness (QED) is 0.791. The van der Waals surface area contributed by atoms with Gasteiger partial charge in [0.2, 0.25) is 0 Å². The third-order valence-corrected chi connectivity index (χ3v) is 4.28. The van der Waals surface area contributed by atoms with Crippen molar-refractivity contribution in [1.82, 2.24) is 5.32 Å². The van der Waals surface area contributed by atoms with Gasteiger partial charge < -0.3 is 5.32 Å². The molecule has 0 saturated carbocycles. The Hall–Kier alpha value is 0.310. The molecular weight excluding hydrogens is 202 g/mol. The molecule has 0 radical (unpaired) electrons. The third kappa shape index (κ3) is 4.78. The topological polar surface area (TPSA) is 12.0 Å². The summed E-state index contributed by atoms with van der Waals surface area (Å²) in [6, 6.07) is 1.43. The van der Waals surface area contributed by atoms with Crippen molar-refractivity contribution < 1.29 is 0 Å². The molecular formula is C13H27NS. The van der Waals surface area contributed by atoms with E-state index in [9.17, 15) is 0 Å². The molecule has 0 aliphatic carbocycles. The average Bonchev–Trinajstić information content (AvgIpc) is 2.53. The minimum atomic E-state index is 0.386. The molecule has 15 heavy (non-hydrogen) atoms. The molecule has 1 saturated heterocycles. The van der Waals surface area contributed by atoms with E-state index < -0.39 is 0 Å². The molecule has 0 amide bonds. The summed E-state index contributed by atoms with van der Waals surface area (Å²) in [6.45, 7) is 11.7. The molecule has 0 aromatic heterocycles. The number of thioether (sulfide) groups is 1. The van der Waals surface area contributed by atoms with E-state index in [0.717, 1.165) is 12.0 Å². The van der Waals surface area contributed by atoms with Crippen LogP contribution in [0, 0.1) is 11.3 Å². The van der Waals surface area contributed by atoms with Gasteiger partial charge in [0.1, 0.15) is 0 Å². The van der Waals surface area contributed by atoms with Gasteiger partial charge in [0.05, 0.1) is 0 Å². The zero-order chi connectivity index (χ0) is 11.5. The van der Waals surface area contributed by atoms with E-state index in [-0.39, 0.29) is 0 Å². The SMILES string of the molecule is CC(C)CC(NC1CCSC1)C(C)(C)C. The van der Waals surface area contributed by atoms with Crippen LogP contribution < -0.4 is 5.32 Å². The maximum atomic E-state index is 3.87. The van der Waals surface area contributed by atoms with Crippen molar-refractivity contribution in [1.29, 1.82) is 0 Å². The molecule has 1 heterocycles. The maximum Gasteiger partial charge on any atom is 0.0168 e. The second kappa shape index (κ2) is 5.58. The van der Waals surface area contributed by atoms with Crippen LogP contribution in [0.25, 0.3) is 0 Å². The monoisotopic (exact) mass is 229 g/mol. The summed E-state index contributed by atoms with van der Waals surface area (Å²) >= 11 is 2.09. The lowest BCUT2D eigenvalue weighted by Crippen LogP contribution is -2.46. The highest BCUT2D eigenvalue weighted by molar-refractivity contribution is 7.99. The molecule has 2 atom stereocenters. The van der Waals surface area contributed by atoms with E-state index >= 15 is 0 Å². The first-order valence-electron chi connectivity index (χ1n) is 6.23. The Kier molecular flexibility index (Phi) is 4.98. The third-order valence-electron chi connectivity index (χ3n) is 3.12. The van der Waals surface area contributed by atoms with Gasteiger partial charge in [-0.25, -0.2) is 0 Å². The molecule has 0 aromatic rings. The van der Waals surface area contributed by atoms with Crippen LogP contribution in [0.15, 0.2) is 0 Å². The number of hydrogen-bond donors (Lipinski definition) is 1. The molecule has 0 bridgehead atoms. The first-order valence-corrected chi connectivity index (χ1v) is 7.39. The summed E-state index contributed by atoms with van der Waals surface area (Å²) in [5, 5.41) is 3.87. The maximum absolute atomic E-state index is 3.87. The lowest BCUT2D eigenvalue weighted by atomic mass is 9.81. The molecule has 2 heteroatoms. The van der Waals surface area contributed by atoms with Crippen LogP contribution in [0.3, 0.4) is 0 Å². The van der Waals surface area contributed by atoms with Gasteiger partial charge >= 0.3 is 0 Å². The Morgan fingerprint density at radius 2 is 2.00 bits per heavy atom.